The minimum atomic E-state index is -3.63. The quantitative estimate of drug-likeness (QED) is 0.580. The molecule has 0 aliphatic carbocycles. The van der Waals surface area contributed by atoms with Crippen molar-refractivity contribution < 1.29 is 21.9 Å². The van der Waals surface area contributed by atoms with Crippen molar-refractivity contribution in [1.82, 2.24) is 13.9 Å². The van der Waals surface area contributed by atoms with Crippen molar-refractivity contribution in [2.75, 3.05) is 32.8 Å². The molecule has 1 aliphatic rings. The average Bonchev–Trinajstić information content (AvgIpc) is 3.16. The summed E-state index contributed by atoms with van der Waals surface area (Å²) in [5, 5.41) is 0. The summed E-state index contributed by atoms with van der Waals surface area (Å²) in [5.41, 5.74) is 7.35. The summed E-state index contributed by atoms with van der Waals surface area (Å²) in [6.45, 7) is 1.30. The molecule has 0 saturated carbocycles. The van der Waals surface area contributed by atoms with E-state index in [9.17, 15) is 17.2 Å². The first-order valence-corrected chi connectivity index (χ1v) is 11.2. The van der Waals surface area contributed by atoms with Crippen LogP contribution in [0.4, 0.5) is 8.78 Å². The summed E-state index contributed by atoms with van der Waals surface area (Å²) in [6, 6.07) is 8.86. The zero-order chi connectivity index (χ0) is 22.0. The summed E-state index contributed by atoms with van der Waals surface area (Å²) in [7, 11) is -3.63. The Morgan fingerprint density at radius 2 is 1.88 bits per heavy atom. The minimum absolute atomic E-state index is 0. The van der Waals surface area contributed by atoms with Crippen molar-refractivity contribution in [3.8, 4) is 11.1 Å². The number of hydrogen-bond donors (Lipinski definition) is 1. The van der Waals surface area contributed by atoms with Crippen LogP contribution in [0.2, 0.25) is 0 Å². The highest BCUT2D eigenvalue weighted by Crippen LogP contribution is 2.30. The largest absolute Gasteiger partial charge is 0.379 e. The van der Waals surface area contributed by atoms with E-state index in [0.717, 1.165) is 0 Å². The molecule has 2 aromatic carbocycles. The van der Waals surface area contributed by atoms with Crippen molar-refractivity contribution in [1.29, 1.82) is 0 Å². The number of ether oxygens (including phenoxy) is 1. The van der Waals surface area contributed by atoms with Gasteiger partial charge in [0.25, 0.3) is 0 Å². The first-order valence-electron chi connectivity index (χ1n) is 9.77. The van der Waals surface area contributed by atoms with E-state index < -0.39 is 21.7 Å². The highest BCUT2D eigenvalue weighted by molar-refractivity contribution is 7.89. The van der Waals surface area contributed by atoms with E-state index in [4.69, 9.17) is 10.5 Å². The second kappa shape index (κ2) is 10.1. The number of imidazole rings is 1. The number of nitrogens with two attached hydrogens (primary N) is 1. The molecule has 0 amide bonds. The molecule has 1 fully saturated rings. The number of halogens is 3. The third kappa shape index (κ3) is 4.84. The van der Waals surface area contributed by atoms with E-state index in [1.807, 2.05) is 0 Å². The van der Waals surface area contributed by atoms with Gasteiger partial charge in [-0.05, 0) is 35.9 Å². The van der Waals surface area contributed by atoms with Crippen LogP contribution < -0.4 is 5.73 Å². The minimum Gasteiger partial charge on any atom is -0.379 e. The van der Waals surface area contributed by atoms with Gasteiger partial charge >= 0.3 is 0 Å². The van der Waals surface area contributed by atoms with E-state index in [-0.39, 0.29) is 30.4 Å². The second-order valence-corrected chi connectivity index (χ2v) is 9.06. The van der Waals surface area contributed by atoms with E-state index in [1.165, 1.54) is 45.5 Å². The Hall–Kier alpha value is -2.37. The van der Waals surface area contributed by atoms with E-state index in [2.05, 4.69) is 4.98 Å². The monoisotopic (exact) mass is 484 g/mol. The molecular weight excluding hydrogens is 462 g/mol. The predicted molar refractivity (Wildman–Crippen MR) is 120 cm³/mol. The molecule has 32 heavy (non-hydrogen) atoms. The lowest BCUT2D eigenvalue weighted by Gasteiger charge is -2.26. The van der Waals surface area contributed by atoms with Gasteiger partial charge in [0, 0.05) is 25.2 Å². The maximum absolute atomic E-state index is 14.4. The topological polar surface area (TPSA) is 90.5 Å². The summed E-state index contributed by atoms with van der Waals surface area (Å²) in [5.74, 6) is -0.942. The van der Waals surface area contributed by atoms with Gasteiger partial charge in [-0.25, -0.2) is 22.2 Å². The Morgan fingerprint density at radius 3 is 2.53 bits per heavy atom. The highest BCUT2D eigenvalue weighted by atomic mass is 35.5. The van der Waals surface area contributed by atoms with Gasteiger partial charge in [0.2, 0.25) is 10.0 Å². The van der Waals surface area contributed by atoms with Crippen LogP contribution in [-0.2, 0) is 21.3 Å². The fourth-order valence-electron chi connectivity index (χ4n) is 3.57. The molecule has 0 spiro atoms. The summed E-state index contributed by atoms with van der Waals surface area (Å²) < 4.78 is 62.0. The molecule has 4 rings (SSSR count). The van der Waals surface area contributed by atoms with Gasteiger partial charge in [-0.1, -0.05) is 12.1 Å². The molecule has 0 unspecified atom stereocenters. The molecule has 0 radical (unpaired) electrons. The third-order valence-corrected chi connectivity index (χ3v) is 7.04. The number of nitrogens with zero attached hydrogens (tertiary/aromatic N) is 3. The van der Waals surface area contributed by atoms with Crippen LogP contribution in [-0.4, -0.2) is 55.1 Å². The van der Waals surface area contributed by atoms with Gasteiger partial charge < -0.3 is 15.0 Å². The Labute approximate surface area is 190 Å². The molecule has 7 nitrogen and oxygen atoms in total. The summed E-state index contributed by atoms with van der Waals surface area (Å²) in [4.78, 5) is 4.48. The molecule has 3 aromatic rings. The van der Waals surface area contributed by atoms with Crippen LogP contribution in [0.3, 0.4) is 0 Å². The van der Waals surface area contributed by atoms with Crippen LogP contribution in [0.15, 0.2) is 59.5 Å². The number of rotatable bonds is 6. The van der Waals surface area contributed by atoms with E-state index in [0.29, 0.717) is 48.5 Å². The van der Waals surface area contributed by atoms with Crippen LogP contribution in [0.1, 0.15) is 0 Å². The molecular formula is C21H23ClF2N4O3S. The summed E-state index contributed by atoms with van der Waals surface area (Å²) >= 11 is 0. The van der Waals surface area contributed by atoms with Gasteiger partial charge in [-0.3, -0.25) is 0 Å². The molecule has 2 N–H and O–H groups in total. The normalized spacial score (nSPS) is 15.7. The van der Waals surface area contributed by atoms with Crippen molar-refractivity contribution in [3.05, 3.63) is 60.4 Å². The predicted octanol–water partition coefficient (Wildman–Crippen LogP) is 3.10. The lowest BCUT2D eigenvalue weighted by Crippen LogP contribution is -2.40. The third-order valence-electron chi connectivity index (χ3n) is 5.12. The van der Waals surface area contributed by atoms with Crippen LogP contribution in [0, 0.1) is 5.82 Å². The number of fused-ring (bicyclic) bond motifs is 1. The Morgan fingerprint density at radius 1 is 1.19 bits per heavy atom. The second-order valence-electron chi connectivity index (χ2n) is 7.12. The van der Waals surface area contributed by atoms with E-state index in [1.54, 1.807) is 12.1 Å². The Kier molecular flexibility index (Phi) is 7.63. The molecule has 172 valence electrons. The van der Waals surface area contributed by atoms with Gasteiger partial charge in [0.15, 0.2) is 0 Å². The molecule has 11 heteroatoms. The maximum Gasteiger partial charge on any atom is 0.243 e. The molecule has 1 aromatic heterocycles. The standard InChI is InChI=1S/C21H22F2N4O3S.ClH/c22-16(5-6-24)13-26-14-25-21-19(11-17(23)12-20(21)26)15-1-3-18(4-2-15)31(28,29)27-7-9-30-10-8-27;/h1-5,11-12,14H,6-10,13,24H2;1H/b16-5-;. The van der Waals surface area contributed by atoms with Crippen LogP contribution in [0.5, 0.6) is 0 Å². The lowest BCUT2D eigenvalue weighted by molar-refractivity contribution is 0.0730. The average molecular weight is 485 g/mol. The zero-order valence-electron chi connectivity index (χ0n) is 17.1. The van der Waals surface area contributed by atoms with Crippen molar-refractivity contribution >= 4 is 33.5 Å². The lowest BCUT2D eigenvalue weighted by atomic mass is 10.0. The highest BCUT2D eigenvalue weighted by Gasteiger charge is 2.26. The molecule has 0 bridgehead atoms. The molecule has 1 aliphatic heterocycles. The number of allylic oxidation sites excluding steroid dienone is 1. The van der Waals surface area contributed by atoms with Gasteiger partial charge in [-0.2, -0.15) is 4.31 Å². The smallest absolute Gasteiger partial charge is 0.243 e. The fraction of sp³-hybridized carbons (Fsp3) is 0.286. The van der Waals surface area contributed by atoms with E-state index >= 15 is 0 Å². The van der Waals surface area contributed by atoms with Crippen LogP contribution in [0.25, 0.3) is 22.2 Å². The maximum atomic E-state index is 14.4. The first-order chi connectivity index (χ1) is 14.9. The zero-order valence-corrected chi connectivity index (χ0v) is 18.7. The number of aromatic nitrogens is 2. The SMILES string of the molecule is Cl.NC/C=C(\F)Cn1cnc2c(-c3ccc(S(=O)(=O)N4CCOCC4)cc3)cc(F)cc21. The van der Waals surface area contributed by atoms with Gasteiger partial charge in [0.05, 0.1) is 42.0 Å². The van der Waals surface area contributed by atoms with Gasteiger partial charge in [0.1, 0.15) is 11.6 Å². The Bertz CT molecular complexity index is 1220. The van der Waals surface area contributed by atoms with Crippen molar-refractivity contribution in [2.24, 2.45) is 5.73 Å². The molecule has 0 atom stereocenters. The first kappa shape index (κ1) is 24.3. The number of benzene rings is 2. The molecule has 1 saturated heterocycles. The summed E-state index contributed by atoms with van der Waals surface area (Å²) in [6.07, 6.45) is 2.69. The van der Waals surface area contributed by atoms with Crippen molar-refractivity contribution in [3.63, 3.8) is 0 Å². The molecule has 2 heterocycles. The number of morpholine rings is 1. The number of sulfonamides is 1. The Balaban J connectivity index is 0.00000289. The van der Waals surface area contributed by atoms with Gasteiger partial charge in [-0.15, -0.1) is 12.4 Å². The van der Waals surface area contributed by atoms with Crippen LogP contribution >= 0.6 is 12.4 Å². The van der Waals surface area contributed by atoms with Crippen molar-refractivity contribution in [2.45, 2.75) is 11.4 Å². The number of hydrogen-bond acceptors (Lipinski definition) is 5. The fourth-order valence-corrected chi connectivity index (χ4v) is 4.98.